The van der Waals surface area contributed by atoms with E-state index in [-0.39, 0.29) is 54.4 Å². The van der Waals surface area contributed by atoms with Crippen molar-refractivity contribution < 1.29 is 29.0 Å². The summed E-state index contributed by atoms with van der Waals surface area (Å²) in [5.74, 6) is -0.809. The van der Waals surface area contributed by atoms with E-state index in [9.17, 15) is 24.3 Å². The number of rotatable bonds is 9. The number of benzene rings is 2. The maximum absolute atomic E-state index is 14.7. The minimum atomic E-state index is -2.85. The Bertz CT molecular complexity index is 1450. The average Bonchev–Trinajstić information content (AvgIpc) is 3.80. The van der Waals surface area contributed by atoms with Gasteiger partial charge in [-0.05, 0) is 94.2 Å². The van der Waals surface area contributed by atoms with E-state index in [1.807, 2.05) is 62.5 Å². The predicted molar refractivity (Wildman–Crippen MR) is 174 cm³/mol. The maximum atomic E-state index is 14.7. The van der Waals surface area contributed by atoms with Crippen molar-refractivity contribution in [2.24, 2.45) is 5.92 Å². The fourth-order valence-corrected chi connectivity index (χ4v) is 10.5. The van der Waals surface area contributed by atoms with Gasteiger partial charge in [0.05, 0.1) is 30.4 Å². The second kappa shape index (κ2) is 12.6. The van der Waals surface area contributed by atoms with Crippen molar-refractivity contribution in [1.82, 2.24) is 10.6 Å². The maximum Gasteiger partial charge on any atom is 0.264 e. The molecule has 6 N–H and O–H groups in total. The zero-order chi connectivity index (χ0) is 31.9. The minimum Gasteiger partial charge on any atom is -0.432 e. The number of ether oxygens (including phenoxy) is 1. The number of nitrogens with zero attached hydrogens (tertiary/aromatic N) is 1. The Hall–Kier alpha value is -3.13. The van der Waals surface area contributed by atoms with Gasteiger partial charge in [0.2, 0.25) is 11.8 Å². The van der Waals surface area contributed by atoms with Crippen molar-refractivity contribution in [3.8, 4) is 0 Å². The third kappa shape index (κ3) is 5.95. The highest BCUT2D eigenvalue weighted by molar-refractivity contribution is 6.71. The standard InChI is InChI=1S/C33H45N5O6Si/c1-20-29(45(2,3)43)28(13-16-39)44-33(20)24-18-23(37-31(41)26-10-6-15-35-26)11-12-27(24)38(32(33)42)19-21-7-4-8-22(17-21)36-30(40)25-9-5-14-34-25/h4,7-8,11-12,17-18,20,25-26,28-29,34-35,39,43H,5-6,9-10,13-16,19H2,1-3H3,(H,36,40)(H,37,41)/t20-,25-,26-,28+,29-,33+/m1/s1. The van der Waals surface area contributed by atoms with Crippen molar-refractivity contribution in [2.75, 3.05) is 35.2 Å². The van der Waals surface area contributed by atoms with Gasteiger partial charge in [-0.1, -0.05) is 19.1 Å². The normalized spacial score (nSPS) is 29.4. The summed E-state index contributed by atoms with van der Waals surface area (Å²) in [5.41, 5.74) is 1.70. The monoisotopic (exact) mass is 635 g/mol. The minimum absolute atomic E-state index is 0.0708. The van der Waals surface area contributed by atoms with E-state index < -0.39 is 20.0 Å². The number of nitrogens with one attached hydrogen (secondary N) is 4. The van der Waals surface area contributed by atoms with Crippen LogP contribution in [0.3, 0.4) is 0 Å². The first-order chi connectivity index (χ1) is 21.5. The molecule has 242 valence electrons. The topological polar surface area (TPSA) is 152 Å². The van der Waals surface area contributed by atoms with Gasteiger partial charge >= 0.3 is 0 Å². The van der Waals surface area contributed by atoms with E-state index in [0.29, 0.717) is 29.0 Å². The summed E-state index contributed by atoms with van der Waals surface area (Å²) in [6.45, 7) is 7.41. The molecule has 0 bridgehead atoms. The fourth-order valence-electron chi connectivity index (χ4n) is 7.91. The lowest BCUT2D eigenvalue weighted by Crippen LogP contribution is -2.46. The Morgan fingerprint density at radius 1 is 1.02 bits per heavy atom. The van der Waals surface area contributed by atoms with Crippen LogP contribution in [-0.4, -0.2) is 73.8 Å². The molecule has 11 nitrogen and oxygen atoms in total. The fraction of sp³-hybridized carbons (Fsp3) is 0.545. The summed E-state index contributed by atoms with van der Waals surface area (Å²) in [5, 5.41) is 22.4. The van der Waals surface area contributed by atoms with Gasteiger partial charge in [-0.15, -0.1) is 0 Å². The average molecular weight is 636 g/mol. The summed E-state index contributed by atoms with van der Waals surface area (Å²) in [7, 11) is -2.85. The molecule has 6 rings (SSSR count). The van der Waals surface area contributed by atoms with Crippen LogP contribution in [0.5, 0.6) is 0 Å². The van der Waals surface area contributed by atoms with Crippen LogP contribution < -0.4 is 26.2 Å². The molecule has 2 aromatic carbocycles. The zero-order valence-corrected chi connectivity index (χ0v) is 27.3. The Balaban J connectivity index is 1.34. The third-order valence-corrected chi connectivity index (χ3v) is 12.5. The van der Waals surface area contributed by atoms with Gasteiger partial charge in [0.25, 0.3) is 5.91 Å². The number of amides is 3. The summed E-state index contributed by atoms with van der Waals surface area (Å²) in [4.78, 5) is 53.6. The summed E-state index contributed by atoms with van der Waals surface area (Å²) < 4.78 is 6.74. The van der Waals surface area contributed by atoms with E-state index in [1.165, 1.54) is 0 Å². The number of aliphatic hydroxyl groups excluding tert-OH is 1. The number of hydrogen-bond donors (Lipinski definition) is 6. The molecule has 4 heterocycles. The lowest BCUT2D eigenvalue weighted by molar-refractivity contribution is -0.146. The molecule has 4 aliphatic heterocycles. The van der Waals surface area contributed by atoms with Crippen LogP contribution in [0.25, 0.3) is 0 Å². The molecule has 0 radical (unpaired) electrons. The Kier molecular flexibility index (Phi) is 8.90. The van der Waals surface area contributed by atoms with Crippen molar-refractivity contribution in [1.29, 1.82) is 0 Å². The second-order valence-electron chi connectivity index (χ2n) is 13.5. The highest BCUT2D eigenvalue weighted by Gasteiger charge is 2.66. The molecular weight excluding hydrogens is 590 g/mol. The first kappa shape index (κ1) is 31.8. The van der Waals surface area contributed by atoms with E-state index in [0.717, 1.165) is 44.3 Å². The van der Waals surface area contributed by atoms with Gasteiger partial charge in [-0.3, -0.25) is 14.4 Å². The van der Waals surface area contributed by atoms with Gasteiger partial charge in [0.15, 0.2) is 13.9 Å². The molecule has 3 amide bonds. The SMILES string of the molecule is C[C@@H]1[C@@H]([Si](C)(C)O)[C@H](CCO)O[C@@]12C(=O)N(Cc1cccc(NC(=O)[C@H]3CCCN3)c1)c1ccc(NC(=O)[C@H]3CCCN3)cc12. The molecule has 0 aliphatic carbocycles. The van der Waals surface area contributed by atoms with E-state index in [1.54, 1.807) is 4.90 Å². The second-order valence-corrected chi connectivity index (χ2v) is 17.4. The quantitative estimate of drug-likeness (QED) is 0.230. The van der Waals surface area contributed by atoms with Crippen molar-refractivity contribution in [2.45, 2.75) is 88.0 Å². The summed E-state index contributed by atoms with van der Waals surface area (Å²) in [6.07, 6.45) is 3.28. The molecule has 12 heteroatoms. The van der Waals surface area contributed by atoms with Crippen molar-refractivity contribution >= 4 is 43.1 Å². The molecule has 4 aliphatic rings. The van der Waals surface area contributed by atoms with Gasteiger partial charge in [0.1, 0.15) is 0 Å². The van der Waals surface area contributed by atoms with Crippen molar-refractivity contribution in [3.63, 3.8) is 0 Å². The molecule has 3 fully saturated rings. The Morgan fingerprint density at radius 2 is 1.67 bits per heavy atom. The molecule has 0 aromatic heterocycles. The van der Waals surface area contributed by atoms with Crippen LogP contribution in [0.15, 0.2) is 42.5 Å². The molecule has 0 unspecified atom stereocenters. The highest BCUT2D eigenvalue weighted by Crippen LogP contribution is 2.60. The number of fused-ring (bicyclic) bond motifs is 2. The predicted octanol–water partition coefficient (Wildman–Crippen LogP) is 2.79. The van der Waals surface area contributed by atoms with E-state index in [4.69, 9.17) is 4.74 Å². The molecule has 3 saturated heterocycles. The third-order valence-electron chi connectivity index (χ3n) is 9.95. The molecule has 0 saturated carbocycles. The molecule has 6 atom stereocenters. The number of hydrogen-bond acceptors (Lipinski definition) is 8. The first-order valence-electron chi connectivity index (χ1n) is 16.2. The van der Waals surface area contributed by atoms with E-state index >= 15 is 0 Å². The number of anilines is 3. The van der Waals surface area contributed by atoms with Crippen LogP contribution in [0.4, 0.5) is 17.1 Å². The van der Waals surface area contributed by atoms with Crippen LogP contribution in [-0.2, 0) is 31.3 Å². The molecule has 2 aromatic rings. The molecule has 1 spiro atoms. The van der Waals surface area contributed by atoms with Gasteiger partial charge in [-0.2, -0.15) is 0 Å². The molecular formula is C33H45N5O6Si. The highest BCUT2D eigenvalue weighted by atomic mass is 28.4. The lowest BCUT2D eigenvalue weighted by atomic mass is 9.82. The van der Waals surface area contributed by atoms with E-state index in [2.05, 4.69) is 21.3 Å². The number of carbonyl (C=O) groups is 3. The largest absolute Gasteiger partial charge is 0.432 e. The smallest absolute Gasteiger partial charge is 0.264 e. The summed E-state index contributed by atoms with van der Waals surface area (Å²) in [6, 6.07) is 12.5. The summed E-state index contributed by atoms with van der Waals surface area (Å²) >= 11 is 0. The number of aliphatic hydroxyl groups is 1. The zero-order valence-electron chi connectivity index (χ0n) is 26.3. The van der Waals surface area contributed by atoms with Crippen LogP contribution in [0.2, 0.25) is 18.6 Å². The van der Waals surface area contributed by atoms with Gasteiger partial charge < -0.3 is 40.8 Å². The Morgan fingerprint density at radius 3 is 2.24 bits per heavy atom. The number of carbonyl (C=O) groups excluding carboxylic acids is 3. The lowest BCUT2D eigenvalue weighted by Gasteiger charge is -2.32. The first-order valence-corrected chi connectivity index (χ1v) is 19.2. The van der Waals surface area contributed by atoms with Crippen LogP contribution in [0, 0.1) is 5.92 Å². The van der Waals surface area contributed by atoms with Gasteiger partial charge in [-0.25, -0.2) is 0 Å². The Labute approximate surface area is 265 Å². The van der Waals surface area contributed by atoms with Gasteiger partial charge in [0, 0.05) is 35.0 Å². The van der Waals surface area contributed by atoms with Crippen molar-refractivity contribution in [3.05, 3.63) is 53.6 Å². The van der Waals surface area contributed by atoms with Crippen LogP contribution >= 0.6 is 0 Å². The molecule has 45 heavy (non-hydrogen) atoms. The van der Waals surface area contributed by atoms with Crippen LogP contribution in [0.1, 0.15) is 50.2 Å².